The van der Waals surface area contributed by atoms with Crippen molar-refractivity contribution in [3.63, 3.8) is 0 Å². The van der Waals surface area contributed by atoms with Gasteiger partial charge in [0.1, 0.15) is 11.4 Å². The summed E-state index contributed by atoms with van der Waals surface area (Å²) in [5.74, 6) is 0. The standard InChI is InChI=1S/C16H19N3O3/c1-2-18(11-12-20)15-7-3-13(4-8-15)17-14-5-9-16(10-6-14)19(21)22/h3-10,17,20H,2,11-12H2,1H3/p+1. The molecule has 0 atom stereocenters. The number of likely N-dealkylation sites (N-methyl/N-ethyl adjacent to an activating group) is 1. The Balaban J connectivity index is 2.06. The fraction of sp³-hybridized carbons (Fsp3) is 0.250. The molecule has 2 rings (SSSR count). The minimum absolute atomic E-state index is 0.0927. The molecule has 6 heteroatoms. The Morgan fingerprint density at radius 2 is 1.64 bits per heavy atom. The largest absolute Gasteiger partial charge is 0.395 e. The van der Waals surface area contributed by atoms with E-state index in [0.29, 0.717) is 6.54 Å². The molecule has 0 saturated carbocycles. The normalized spacial score (nSPS) is 10.5. The first-order valence-electron chi connectivity index (χ1n) is 7.19. The molecule has 0 heterocycles. The zero-order valence-corrected chi connectivity index (χ0v) is 12.5. The molecule has 0 aliphatic carbocycles. The number of hydrogen-bond acceptors (Lipinski definition) is 4. The smallest absolute Gasteiger partial charge is 0.269 e. The lowest BCUT2D eigenvalue weighted by Crippen LogP contribution is -2.70. The minimum Gasteiger partial charge on any atom is -0.395 e. The van der Waals surface area contributed by atoms with Crippen molar-refractivity contribution in [2.45, 2.75) is 6.92 Å². The summed E-state index contributed by atoms with van der Waals surface area (Å²) in [5, 5.41) is 21.6. The molecule has 6 nitrogen and oxygen atoms in total. The van der Waals surface area contributed by atoms with Gasteiger partial charge in [0.15, 0.2) is 0 Å². The lowest BCUT2D eigenvalue weighted by atomic mass is 10.2. The van der Waals surface area contributed by atoms with Crippen LogP contribution in [0.4, 0.5) is 22.7 Å². The third-order valence-electron chi connectivity index (χ3n) is 3.45. The van der Waals surface area contributed by atoms with Crippen molar-refractivity contribution in [1.29, 1.82) is 0 Å². The number of aliphatic hydroxyl groups excluding tert-OH is 1. The zero-order chi connectivity index (χ0) is 15.9. The SMILES string of the molecule is CCN(CCO)c1ccc([NH2+]c2ccc([N+](=O)[O-])cc2)cc1. The van der Waals surface area contributed by atoms with Crippen molar-refractivity contribution < 1.29 is 15.3 Å². The van der Waals surface area contributed by atoms with Gasteiger partial charge >= 0.3 is 0 Å². The number of benzene rings is 2. The molecule has 0 amide bonds. The Kier molecular flexibility index (Phi) is 5.46. The zero-order valence-electron chi connectivity index (χ0n) is 12.5. The Labute approximate surface area is 129 Å². The quantitative estimate of drug-likeness (QED) is 0.465. The molecule has 22 heavy (non-hydrogen) atoms. The number of aliphatic hydroxyl groups is 1. The second-order valence-electron chi connectivity index (χ2n) is 4.89. The van der Waals surface area contributed by atoms with Gasteiger partial charge in [-0.25, -0.2) is 0 Å². The molecule has 0 bridgehead atoms. The van der Waals surface area contributed by atoms with Crippen LogP contribution >= 0.6 is 0 Å². The molecule has 2 aromatic rings. The molecule has 0 saturated heterocycles. The summed E-state index contributed by atoms with van der Waals surface area (Å²) >= 11 is 0. The van der Waals surface area contributed by atoms with E-state index in [0.717, 1.165) is 23.6 Å². The maximum atomic E-state index is 10.6. The molecule has 0 unspecified atom stereocenters. The van der Waals surface area contributed by atoms with E-state index < -0.39 is 4.92 Å². The highest BCUT2D eigenvalue weighted by Crippen LogP contribution is 2.17. The lowest BCUT2D eigenvalue weighted by molar-refractivity contribution is -0.478. The van der Waals surface area contributed by atoms with Gasteiger partial charge in [-0.2, -0.15) is 0 Å². The predicted octanol–water partition coefficient (Wildman–Crippen LogP) is 1.94. The van der Waals surface area contributed by atoms with E-state index in [-0.39, 0.29) is 12.3 Å². The van der Waals surface area contributed by atoms with Crippen molar-refractivity contribution in [2.75, 3.05) is 24.6 Å². The van der Waals surface area contributed by atoms with Crippen LogP contribution in [0.5, 0.6) is 0 Å². The molecule has 116 valence electrons. The van der Waals surface area contributed by atoms with Gasteiger partial charge in [0.05, 0.1) is 11.5 Å². The fourth-order valence-corrected chi connectivity index (χ4v) is 2.26. The number of non-ortho nitro benzene ring substituents is 1. The van der Waals surface area contributed by atoms with Gasteiger partial charge in [0, 0.05) is 55.2 Å². The number of hydrogen-bond donors (Lipinski definition) is 2. The predicted molar refractivity (Wildman–Crippen MR) is 85.8 cm³/mol. The first-order chi connectivity index (χ1) is 10.6. The van der Waals surface area contributed by atoms with Crippen molar-refractivity contribution >= 4 is 22.7 Å². The topological polar surface area (TPSA) is 83.2 Å². The summed E-state index contributed by atoms with van der Waals surface area (Å²) in [6.45, 7) is 3.63. The van der Waals surface area contributed by atoms with Crippen LogP contribution in [0.3, 0.4) is 0 Å². The highest BCUT2D eigenvalue weighted by molar-refractivity contribution is 5.51. The summed E-state index contributed by atoms with van der Waals surface area (Å²) in [6.07, 6.45) is 0. The summed E-state index contributed by atoms with van der Waals surface area (Å²) in [6, 6.07) is 14.5. The molecule has 0 fully saturated rings. The van der Waals surface area contributed by atoms with E-state index in [4.69, 9.17) is 5.11 Å². The van der Waals surface area contributed by atoms with Crippen LogP contribution in [-0.4, -0.2) is 29.7 Å². The number of rotatable bonds is 7. The fourth-order valence-electron chi connectivity index (χ4n) is 2.26. The van der Waals surface area contributed by atoms with Crippen molar-refractivity contribution in [3.05, 3.63) is 58.6 Å². The van der Waals surface area contributed by atoms with Gasteiger partial charge < -0.3 is 10.0 Å². The molecule has 2 aromatic carbocycles. The summed E-state index contributed by atoms with van der Waals surface area (Å²) in [7, 11) is 0. The molecule has 0 spiro atoms. The maximum Gasteiger partial charge on any atom is 0.269 e. The first kappa shape index (κ1) is 15.9. The first-order valence-corrected chi connectivity index (χ1v) is 7.19. The van der Waals surface area contributed by atoms with Crippen LogP contribution in [0.1, 0.15) is 6.92 Å². The van der Waals surface area contributed by atoms with Crippen LogP contribution in [0.25, 0.3) is 0 Å². The van der Waals surface area contributed by atoms with Crippen molar-refractivity contribution in [3.8, 4) is 0 Å². The van der Waals surface area contributed by atoms with Gasteiger partial charge in [-0.15, -0.1) is 0 Å². The van der Waals surface area contributed by atoms with E-state index in [9.17, 15) is 10.1 Å². The van der Waals surface area contributed by atoms with Crippen LogP contribution in [-0.2, 0) is 0 Å². The summed E-state index contributed by atoms with van der Waals surface area (Å²) in [4.78, 5) is 12.3. The number of anilines is 1. The van der Waals surface area contributed by atoms with Gasteiger partial charge in [0.2, 0.25) is 0 Å². The Hall–Kier alpha value is -2.44. The Morgan fingerprint density at radius 1 is 1.09 bits per heavy atom. The molecule has 0 aliphatic rings. The van der Waals surface area contributed by atoms with Gasteiger partial charge in [-0.3, -0.25) is 15.4 Å². The lowest BCUT2D eigenvalue weighted by Gasteiger charge is -2.21. The molecule has 3 N–H and O–H groups in total. The van der Waals surface area contributed by atoms with Gasteiger partial charge in [0.25, 0.3) is 5.69 Å². The summed E-state index contributed by atoms with van der Waals surface area (Å²) in [5.41, 5.74) is 3.10. The average molecular weight is 302 g/mol. The molecule has 0 aromatic heterocycles. The van der Waals surface area contributed by atoms with Gasteiger partial charge in [-0.1, -0.05) is 0 Å². The van der Waals surface area contributed by atoms with E-state index in [2.05, 4.69) is 4.90 Å². The van der Waals surface area contributed by atoms with Crippen molar-refractivity contribution in [2.24, 2.45) is 0 Å². The monoisotopic (exact) mass is 302 g/mol. The third kappa shape index (κ3) is 4.03. The van der Waals surface area contributed by atoms with Crippen molar-refractivity contribution in [1.82, 2.24) is 0 Å². The number of quaternary nitrogens is 1. The number of nitro benzene ring substituents is 1. The highest BCUT2D eigenvalue weighted by Gasteiger charge is 2.08. The average Bonchev–Trinajstić information content (AvgIpc) is 2.54. The van der Waals surface area contributed by atoms with Crippen LogP contribution in [0.15, 0.2) is 48.5 Å². The number of nitro groups is 1. The second kappa shape index (κ2) is 7.53. The van der Waals surface area contributed by atoms with E-state index in [1.165, 1.54) is 12.1 Å². The molecule has 0 aliphatic heterocycles. The van der Waals surface area contributed by atoms with E-state index >= 15 is 0 Å². The molecule has 0 radical (unpaired) electrons. The number of nitrogens with zero attached hydrogens (tertiary/aromatic N) is 2. The van der Waals surface area contributed by atoms with Crippen LogP contribution in [0, 0.1) is 10.1 Å². The Bertz CT molecular complexity index is 612. The minimum atomic E-state index is -0.404. The molecular formula is C16H20N3O3+. The summed E-state index contributed by atoms with van der Waals surface area (Å²) < 4.78 is 0. The van der Waals surface area contributed by atoms with Crippen LogP contribution < -0.4 is 10.2 Å². The third-order valence-corrected chi connectivity index (χ3v) is 3.45. The molecular weight excluding hydrogens is 282 g/mol. The maximum absolute atomic E-state index is 10.6. The van der Waals surface area contributed by atoms with E-state index in [1.807, 2.05) is 36.5 Å². The van der Waals surface area contributed by atoms with E-state index in [1.54, 1.807) is 12.1 Å². The number of nitrogens with two attached hydrogens (primary N) is 1. The Morgan fingerprint density at radius 3 is 2.09 bits per heavy atom. The second-order valence-corrected chi connectivity index (χ2v) is 4.89. The van der Waals surface area contributed by atoms with Gasteiger partial charge in [-0.05, 0) is 19.1 Å². The highest BCUT2D eigenvalue weighted by atomic mass is 16.6. The van der Waals surface area contributed by atoms with Crippen LogP contribution in [0.2, 0.25) is 0 Å².